The number of hydrogen-bond donors (Lipinski definition) is 2. The van der Waals surface area contributed by atoms with Crippen molar-refractivity contribution in [2.45, 2.75) is 6.10 Å². The third-order valence-corrected chi connectivity index (χ3v) is 2.56. The number of nitrogens with two attached hydrogens (primary N) is 1. The van der Waals surface area contributed by atoms with E-state index in [0.29, 0.717) is 22.9 Å². The fourth-order valence-electron chi connectivity index (χ4n) is 1.53. The van der Waals surface area contributed by atoms with Crippen LogP contribution in [0.3, 0.4) is 0 Å². The van der Waals surface area contributed by atoms with E-state index in [0.717, 1.165) is 0 Å². The van der Waals surface area contributed by atoms with Crippen LogP contribution < -0.4 is 15.2 Å². The Bertz CT molecular complexity index is 533. The Morgan fingerprint density at radius 1 is 1.26 bits per heavy atom. The average Bonchev–Trinajstić information content (AvgIpc) is 2.95. The molecule has 1 aromatic carbocycles. The van der Waals surface area contributed by atoms with Crippen LogP contribution in [0.4, 0.5) is 0 Å². The number of methoxy groups -OCH3 is 2. The molecule has 0 aliphatic heterocycles. The zero-order valence-electron chi connectivity index (χ0n) is 10.7. The molecule has 0 fully saturated rings. The number of hydrogen-bond acceptors (Lipinski definition) is 7. The summed E-state index contributed by atoms with van der Waals surface area (Å²) in [5.74, 6) is 1.64. The van der Waals surface area contributed by atoms with Crippen LogP contribution in [0.1, 0.15) is 12.0 Å². The fraction of sp³-hybridized carbons (Fsp3) is 0.333. The van der Waals surface area contributed by atoms with Crippen LogP contribution in [0.25, 0.3) is 11.4 Å². The van der Waals surface area contributed by atoms with Crippen LogP contribution in [-0.2, 0) is 0 Å². The second kappa shape index (κ2) is 5.68. The Hall–Kier alpha value is -2.12. The Kier molecular flexibility index (Phi) is 3.98. The SMILES string of the molecule is COc1cc(OC)cc(-c2noc(C(O)CN)n2)c1. The first-order chi connectivity index (χ1) is 9.17. The van der Waals surface area contributed by atoms with Crippen molar-refractivity contribution in [2.75, 3.05) is 20.8 Å². The lowest BCUT2D eigenvalue weighted by Crippen LogP contribution is -2.11. The molecular formula is C12H15N3O4. The highest BCUT2D eigenvalue weighted by Crippen LogP contribution is 2.28. The van der Waals surface area contributed by atoms with Crippen molar-refractivity contribution >= 4 is 0 Å². The van der Waals surface area contributed by atoms with Crippen molar-refractivity contribution in [3.63, 3.8) is 0 Å². The van der Waals surface area contributed by atoms with Crippen LogP contribution in [0.5, 0.6) is 11.5 Å². The van der Waals surface area contributed by atoms with Gasteiger partial charge in [-0.25, -0.2) is 0 Å². The molecule has 0 radical (unpaired) electrons. The number of benzene rings is 1. The van der Waals surface area contributed by atoms with Gasteiger partial charge < -0.3 is 24.8 Å². The van der Waals surface area contributed by atoms with Gasteiger partial charge >= 0.3 is 0 Å². The summed E-state index contributed by atoms with van der Waals surface area (Å²) in [6, 6.07) is 5.22. The predicted molar refractivity (Wildman–Crippen MR) is 66.9 cm³/mol. The standard InChI is InChI=1S/C12H15N3O4/c1-17-8-3-7(4-9(5-8)18-2)11-14-12(19-15-11)10(16)6-13/h3-5,10,16H,6,13H2,1-2H3. The maximum Gasteiger partial charge on any atom is 0.257 e. The van der Waals surface area contributed by atoms with E-state index in [4.69, 9.17) is 19.7 Å². The largest absolute Gasteiger partial charge is 0.497 e. The molecule has 1 unspecified atom stereocenters. The van der Waals surface area contributed by atoms with Crippen LogP contribution in [0.2, 0.25) is 0 Å². The summed E-state index contributed by atoms with van der Waals surface area (Å²) in [7, 11) is 3.11. The van der Waals surface area contributed by atoms with Crippen LogP contribution in [0, 0.1) is 0 Å². The van der Waals surface area contributed by atoms with E-state index in [1.54, 1.807) is 32.4 Å². The van der Waals surface area contributed by atoms with E-state index in [9.17, 15) is 5.11 Å². The summed E-state index contributed by atoms with van der Waals surface area (Å²) < 4.78 is 15.3. The van der Waals surface area contributed by atoms with Gasteiger partial charge in [-0.1, -0.05) is 5.16 Å². The number of rotatable bonds is 5. The van der Waals surface area contributed by atoms with E-state index in [-0.39, 0.29) is 12.4 Å². The van der Waals surface area contributed by atoms with Crippen LogP contribution in [-0.4, -0.2) is 36.0 Å². The van der Waals surface area contributed by atoms with Crippen molar-refractivity contribution < 1.29 is 19.1 Å². The topological polar surface area (TPSA) is 104 Å². The van der Waals surface area contributed by atoms with Crippen molar-refractivity contribution in [3.8, 4) is 22.9 Å². The van der Waals surface area contributed by atoms with Gasteiger partial charge in [0.05, 0.1) is 14.2 Å². The maximum absolute atomic E-state index is 9.52. The summed E-state index contributed by atoms with van der Waals surface area (Å²) in [5, 5.41) is 13.3. The molecule has 3 N–H and O–H groups in total. The number of aliphatic hydroxyl groups is 1. The lowest BCUT2D eigenvalue weighted by molar-refractivity contribution is 0.141. The van der Waals surface area contributed by atoms with Crippen LogP contribution >= 0.6 is 0 Å². The van der Waals surface area contributed by atoms with Gasteiger partial charge in [-0.3, -0.25) is 0 Å². The van der Waals surface area contributed by atoms with Gasteiger partial charge in [0, 0.05) is 18.2 Å². The number of nitrogens with zero attached hydrogens (tertiary/aromatic N) is 2. The van der Waals surface area contributed by atoms with Gasteiger partial charge in [0.25, 0.3) is 5.89 Å². The molecule has 0 aliphatic rings. The van der Waals surface area contributed by atoms with Crippen molar-refractivity contribution in [1.82, 2.24) is 10.1 Å². The van der Waals surface area contributed by atoms with E-state index in [1.807, 2.05) is 0 Å². The Morgan fingerprint density at radius 3 is 2.42 bits per heavy atom. The summed E-state index contributed by atoms with van der Waals surface area (Å²) >= 11 is 0. The van der Waals surface area contributed by atoms with Gasteiger partial charge in [0.15, 0.2) is 0 Å². The first-order valence-corrected chi connectivity index (χ1v) is 5.63. The van der Waals surface area contributed by atoms with Crippen molar-refractivity contribution in [3.05, 3.63) is 24.1 Å². The van der Waals surface area contributed by atoms with Gasteiger partial charge in [-0.05, 0) is 12.1 Å². The molecule has 102 valence electrons. The molecule has 2 aromatic rings. The zero-order valence-corrected chi connectivity index (χ0v) is 10.7. The number of aromatic nitrogens is 2. The Morgan fingerprint density at radius 2 is 1.89 bits per heavy atom. The van der Waals surface area contributed by atoms with Crippen LogP contribution in [0.15, 0.2) is 22.7 Å². The molecule has 2 rings (SSSR count). The third kappa shape index (κ3) is 2.83. The first kappa shape index (κ1) is 13.3. The average molecular weight is 265 g/mol. The van der Waals surface area contributed by atoms with Gasteiger partial charge in [0.1, 0.15) is 17.6 Å². The highest BCUT2D eigenvalue weighted by Gasteiger charge is 2.16. The maximum atomic E-state index is 9.52. The molecule has 0 spiro atoms. The van der Waals surface area contributed by atoms with Crippen molar-refractivity contribution in [1.29, 1.82) is 0 Å². The minimum atomic E-state index is -0.964. The van der Waals surface area contributed by atoms with Gasteiger partial charge in [-0.15, -0.1) is 0 Å². The van der Waals surface area contributed by atoms with E-state index in [2.05, 4.69) is 10.1 Å². The molecule has 7 heteroatoms. The summed E-state index contributed by atoms with van der Waals surface area (Å²) in [5.41, 5.74) is 5.99. The normalized spacial score (nSPS) is 12.2. The lowest BCUT2D eigenvalue weighted by atomic mass is 10.2. The van der Waals surface area contributed by atoms with E-state index in [1.165, 1.54) is 0 Å². The summed E-state index contributed by atoms with van der Waals surface area (Å²) in [6.45, 7) is 0.0169. The first-order valence-electron chi connectivity index (χ1n) is 5.63. The predicted octanol–water partition coefficient (Wildman–Crippen LogP) is 0.746. The zero-order chi connectivity index (χ0) is 13.8. The lowest BCUT2D eigenvalue weighted by Gasteiger charge is -2.05. The van der Waals surface area contributed by atoms with Gasteiger partial charge in [0.2, 0.25) is 5.82 Å². The molecule has 0 saturated heterocycles. The molecule has 19 heavy (non-hydrogen) atoms. The molecule has 7 nitrogen and oxygen atoms in total. The third-order valence-electron chi connectivity index (χ3n) is 2.56. The molecule has 0 aliphatic carbocycles. The Balaban J connectivity index is 2.37. The van der Waals surface area contributed by atoms with E-state index < -0.39 is 6.10 Å². The molecule has 1 atom stereocenters. The highest BCUT2D eigenvalue weighted by atomic mass is 16.5. The smallest absolute Gasteiger partial charge is 0.257 e. The van der Waals surface area contributed by atoms with Crippen molar-refractivity contribution in [2.24, 2.45) is 5.73 Å². The summed E-state index contributed by atoms with van der Waals surface area (Å²) in [4.78, 5) is 4.08. The molecule has 0 bridgehead atoms. The second-order valence-electron chi connectivity index (χ2n) is 3.81. The monoisotopic (exact) mass is 265 g/mol. The number of aliphatic hydroxyl groups excluding tert-OH is 1. The molecule has 0 saturated carbocycles. The minimum Gasteiger partial charge on any atom is -0.497 e. The fourth-order valence-corrected chi connectivity index (χ4v) is 1.53. The molecule has 1 aromatic heterocycles. The quantitative estimate of drug-likeness (QED) is 0.821. The van der Waals surface area contributed by atoms with Gasteiger partial charge in [-0.2, -0.15) is 4.98 Å². The second-order valence-corrected chi connectivity index (χ2v) is 3.81. The Labute approximate surface area is 109 Å². The summed E-state index contributed by atoms with van der Waals surface area (Å²) in [6.07, 6.45) is -0.964. The highest BCUT2D eigenvalue weighted by molar-refractivity contribution is 5.60. The van der Waals surface area contributed by atoms with E-state index >= 15 is 0 Å². The molecule has 1 heterocycles. The number of ether oxygens (including phenoxy) is 2. The molecular weight excluding hydrogens is 250 g/mol. The molecule has 0 amide bonds. The minimum absolute atomic E-state index is 0.0169.